The van der Waals surface area contributed by atoms with Gasteiger partial charge >= 0.3 is 5.97 Å². The molecule has 4 heteroatoms. The molecule has 0 aliphatic heterocycles. The van der Waals surface area contributed by atoms with Crippen LogP contribution in [0.5, 0.6) is 0 Å². The van der Waals surface area contributed by atoms with Crippen molar-refractivity contribution in [2.75, 3.05) is 7.11 Å². The molecule has 0 radical (unpaired) electrons. The van der Waals surface area contributed by atoms with Gasteiger partial charge in [-0.2, -0.15) is 0 Å². The quantitative estimate of drug-likeness (QED) is 0.849. The summed E-state index contributed by atoms with van der Waals surface area (Å²) >= 11 is 5.88. The van der Waals surface area contributed by atoms with Gasteiger partial charge in [-0.3, -0.25) is 0 Å². The molecule has 21 heavy (non-hydrogen) atoms. The molecule has 2 aromatic carbocycles. The van der Waals surface area contributed by atoms with Gasteiger partial charge in [-0.05, 0) is 42.3 Å². The summed E-state index contributed by atoms with van der Waals surface area (Å²) in [5.74, 6) is -0.316. The fourth-order valence-electron chi connectivity index (χ4n) is 2.02. The number of rotatable bonds is 5. The van der Waals surface area contributed by atoms with Gasteiger partial charge in [0.2, 0.25) is 0 Å². The summed E-state index contributed by atoms with van der Waals surface area (Å²) in [4.78, 5) is 11.4. The van der Waals surface area contributed by atoms with Crippen molar-refractivity contribution in [3.8, 4) is 0 Å². The maximum Gasteiger partial charge on any atom is 0.337 e. The van der Waals surface area contributed by atoms with E-state index in [4.69, 9.17) is 11.6 Å². The van der Waals surface area contributed by atoms with Gasteiger partial charge in [0.25, 0.3) is 0 Å². The first kappa shape index (κ1) is 15.5. The zero-order chi connectivity index (χ0) is 15.2. The summed E-state index contributed by atoms with van der Waals surface area (Å²) < 4.78 is 4.68. The highest BCUT2D eigenvalue weighted by Crippen LogP contribution is 2.16. The van der Waals surface area contributed by atoms with E-state index in [1.165, 1.54) is 12.7 Å². The molecule has 0 bridgehead atoms. The van der Waals surface area contributed by atoms with Crippen LogP contribution in [-0.2, 0) is 11.3 Å². The van der Waals surface area contributed by atoms with E-state index in [9.17, 15) is 4.79 Å². The van der Waals surface area contributed by atoms with Crippen LogP contribution in [0.1, 0.15) is 34.5 Å². The summed E-state index contributed by atoms with van der Waals surface area (Å²) in [7, 11) is 1.38. The summed E-state index contributed by atoms with van der Waals surface area (Å²) in [5.41, 5.74) is 2.86. The van der Waals surface area contributed by atoms with E-state index in [1.54, 1.807) is 12.1 Å². The number of hydrogen-bond donors (Lipinski definition) is 1. The number of esters is 1. The van der Waals surface area contributed by atoms with Crippen molar-refractivity contribution in [1.29, 1.82) is 0 Å². The van der Waals surface area contributed by atoms with Gasteiger partial charge < -0.3 is 10.1 Å². The molecule has 0 heterocycles. The Balaban J connectivity index is 1.93. The highest BCUT2D eigenvalue weighted by Gasteiger charge is 2.06. The van der Waals surface area contributed by atoms with E-state index in [0.29, 0.717) is 5.56 Å². The lowest BCUT2D eigenvalue weighted by molar-refractivity contribution is 0.0600. The molecule has 0 amide bonds. The average Bonchev–Trinajstić information content (AvgIpc) is 2.53. The summed E-state index contributed by atoms with van der Waals surface area (Å²) in [6.45, 7) is 2.83. The number of nitrogens with one attached hydrogen (secondary N) is 1. The third kappa shape index (κ3) is 4.31. The SMILES string of the molecule is COC(=O)c1ccc(CN[C@H](C)c2ccc(Cl)cc2)cc1. The van der Waals surface area contributed by atoms with Crippen LogP contribution >= 0.6 is 11.6 Å². The van der Waals surface area contributed by atoms with Crippen LogP contribution in [0.15, 0.2) is 48.5 Å². The summed E-state index contributed by atoms with van der Waals surface area (Å²) in [5, 5.41) is 4.18. The lowest BCUT2D eigenvalue weighted by Crippen LogP contribution is -2.18. The Morgan fingerprint density at radius 1 is 1.14 bits per heavy atom. The zero-order valence-corrected chi connectivity index (χ0v) is 12.9. The molecule has 0 unspecified atom stereocenters. The first-order chi connectivity index (χ1) is 10.1. The van der Waals surface area contributed by atoms with Crippen molar-refractivity contribution in [1.82, 2.24) is 5.32 Å². The molecule has 0 aromatic heterocycles. The number of benzene rings is 2. The van der Waals surface area contributed by atoms with E-state index >= 15 is 0 Å². The first-order valence-corrected chi connectivity index (χ1v) is 7.14. The molecule has 0 aliphatic rings. The van der Waals surface area contributed by atoms with Crippen molar-refractivity contribution >= 4 is 17.6 Å². The number of methoxy groups -OCH3 is 1. The molecule has 3 nitrogen and oxygen atoms in total. The molecule has 2 aromatic rings. The van der Waals surface area contributed by atoms with Crippen LogP contribution in [0, 0.1) is 0 Å². The number of carbonyl (C=O) groups excluding carboxylic acids is 1. The second kappa shape index (κ2) is 7.25. The van der Waals surface area contributed by atoms with Crippen molar-refractivity contribution in [2.45, 2.75) is 19.5 Å². The minimum Gasteiger partial charge on any atom is -0.465 e. The van der Waals surface area contributed by atoms with Crippen LogP contribution in [-0.4, -0.2) is 13.1 Å². The topological polar surface area (TPSA) is 38.3 Å². The predicted octanol–water partition coefficient (Wildman–Crippen LogP) is 3.98. The fourth-order valence-corrected chi connectivity index (χ4v) is 2.14. The molecule has 0 fully saturated rings. The Morgan fingerprint density at radius 3 is 2.33 bits per heavy atom. The minimum absolute atomic E-state index is 0.225. The molecule has 0 saturated heterocycles. The Kier molecular flexibility index (Phi) is 5.37. The molecule has 1 atom stereocenters. The van der Waals surface area contributed by atoms with Gasteiger partial charge in [-0.25, -0.2) is 4.79 Å². The summed E-state index contributed by atoms with van der Waals surface area (Å²) in [6, 6.07) is 15.4. The van der Waals surface area contributed by atoms with E-state index in [2.05, 4.69) is 17.0 Å². The van der Waals surface area contributed by atoms with Crippen LogP contribution < -0.4 is 5.32 Å². The number of halogens is 1. The van der Waals surface area contributed by atoms with Crippen molar-refractivity contribution in [3.63, 3.8) is 0 Å². The Morgan fingerprint density at radius 2 is 1.76 bits per heavy atom. The van der Waals surface area contributed by atoms with Gasteiger partial charge in [-0.1, -0.05) is 35.9 Å². The second-order valence-corrected chi connectivity index (χ2v) is 5.28. The van der Waals surface area contributed by atoms with Crippen LogP contribution in [0.3, 0.4) is 0 Å². The molecule has 2 rings (SSSR count). The van der Waals surface area contributed by atoms with Crippen LogP contribution in [0.25, 0.3) is 0 Å². The highest BCUT2D eigenvalue weighted by molar-refractivity contribution is 6.30. The molecule has 0 saturated carbocycles. The number of carbonyl (C=O) groups is 1. The van der Waals surface area contributed by atoms with E-state index in [1.807, 2.05) is 36.4 Å². The van der Waals surface area contributed by atoms with Crippen LogP contribution in [0.2, 0.25) is 5.02 Å². The molecule has 110 valence electrons. The Bertz CT molecular complexity index is 593. The van der Waals surface area contributed by atoms with Gasteiger partial charge in [-0.15, -0.1) is 0 Å². The maximum atomic E-state index is 11.4. The Hall–Kier alpha value is -1.84. The molecular formula is C17H18ClNO2. The molecular weight excluding hydrogens is 286 g/mol. The average molecular weight is 304 g/mol. The van der Waals surface area contributed by atoms with Crippen molar-refractivity contribution in [3.05, 3.63) is 70.2 Å². The molecule has 1 N–H and O–H groups in total. The van der Waals surface area contributed by atoms with Gasteiger partial charge in [0.15, 0.2) is 0 Å². The predicted molar refractivity (Wildman–Crippen MR) is 84.5 cm³/mol. The standard InChI is InChI=1S/C17H18ClNO2/c1-12(14-7-9-16(18)10-8-14)19-11-13-3-5-15(6-4-13)17(20)21-2/h3-10,12,19H,11H2,1-2H3/t12-/m1/s1. The second-order valence-electron chi connectivity index (χ2n) is 4.84. The smallest absolute Gasteiger partial charge is 0.337 e. The normalized spacial score (nSPS) is 12.0. The van der Waals surface area contributed by atoms with Gasteiger partial charge in [0.05, 0.1) is 12.7 Å². The minimum atomic E-state index is -0.316. The summed E-state index contributed by atoms with van der Waals surface area (Å²) in [6.07, 6.45) is 0. The van der Waals surface area contributed by atoms with Crippen molar-refractivity contribution in [2.24, 2.45) is 0 Å². The Labute approximate surface area is 129 Å². The van der Waals surface area contributed by atoms with Crippen molar-refractivity contribution < 1.29 is 9.53 Å². The van der Waals surface area contributed by atoms with Gasteiger partial charge in [0, 0.05) is 17.6 Å². The van der Waals surface area contributed by atoms with E-state index < -0.39 is 0 Å². The van der Waals surface area contributed by atoms with E-state index in [-0.39, 0.29) is 12.0 Å². The highest BCUT2D eigenvalue weighted by atomic mass is 35.5. The lowest BCUT2D eigenvalue weighted by Gasteiger charge is -2.14. The third-order valence-electron chi connectivity index (χ3n) is 3.36. The lowest BCUT2D eigenvalue weighted by atomic mass is 10.1. The van der Waals surface area contributed by atoms with Crippen LogP contribution in [0.4, 0.5) is 0 Å². The monoisotopic (exact) mass is 303 g/mol. The maximum absolute atomic E-state index is 11.4. The fraction of sp³-hybridized carbons (Fsp3) is 0.235. The number of ether oxygens (including phenoxy) is 1. The zero-order valence-electron chi connectivity index (χ0n) is 12.1. The third-order valence-corrected chi connectivity index (χ3v) is 3.61. The number of hydrogen-bond acceptors (Lipinski definition) is 3. The largest absolute Gasteiger partial charge is 0.465 e. The molecule has 0 aliphatic carbocycles. The molecule has 0 spiro atoms. The first-order valence-electron chi connectivity index (χ1n) is 6.76. The van der Waals surface area contributed by atoms with Gasteiger partial charge in [0.1, 0.15) is 0 Å². The van der Waals surface area contributed by atoms with E-state index in [0.717, 1.165) is 17.1 Å².